The Balaban J connectivity index is 0.974. The second-order valence-electron chi connectivity index (χ2n) is 16.3. The van der Waals surface area contributed by atoms with Crippen LogP contribution in [0.15, 0.2) is 212 Å². The summed E-state index contributed by atoms with van der Waals surface area (Å²) in [7, 11) is 0. The van der Waals surface area contributed by atoms with Crippen molar-refractivity contribution in [3.63, 3.8) is 0 Å². The summed E-state index contributed by atoms with van der Waals surface area (Å²) in [4.78, 5) is 15.9. The number of fused-ring (bicyclic) bond motifs is 13. The molecule has 288 valence electrons. The molecule has 2 aromatic heterocycles. The first-order chi connectivity index (χ1) is 30.7. The smallest absolute Gasteiger partial charge is 0.164 e. The van der Waals surface area contributed by atoms with E-state index in [2.05, 4.69) is 206 Å². The van der Waals surface area contributed by atoms with Crippen molar-refractivity contribution >= 4 is 31.5 Å². The third-order valence-electron chi connectivity index (χ3n) is 13.0. The van der Waals surface area contributed by atoms with Crippen LogP contribution in [0.25, 0.3) is 98.8 Å². The number of aromatic nitrogens is 3. The van der Waals surface area contributed by atoms with Crippen LogP contribution in [0.4, 0.5) is 0 Å². The van der Waals surface area contributed by atoms with Crippen molar-refractivity contribution in [2.24, 2.45) is 0 Å². The number of benzene rings is 9. The molecule has 62 heavy (non-hydrogen) atoms. The van der Waals surface area contributed by atoms with Crippen LogP contribution in [0.2, 0.25) is 0 Å². The minimum Gasteiger partial charge on any atom is -0.208 e. The van der Waals surface area contributed by atoms with Gasteiger partial charge in [0.2, 0.25) is 0 Å². The zero-order chi connectivity index (χ0) is 40.8. The lowest BCUT2D eigenvalue weighted by molar-refractivity contribution is 0.794. The molecule has 0 atom stereocenters. The molecule has 2 heterocycles. The average molecular weight is 806 g/mol. The summed E-state index contributed by atoms with van der Waals surface area (Å²) >= 11 is 1.85. The van der Waals surface area contributed by atoms with Gasteiger partial charge in [-0.1, -0.05) is 194 Å². The predicted molar refractivity (Wildman–Crippen MR) is 256 cm³/mol. The van der Waals surface area contributed by atoms with Crippen molar-refractivity contribution in [1.29, 1.82) is 0 Å². The Labute approximate surface area is 363 Å². The van der Waals surface area contributed by atoms with Crippen molar-refractivity contribution < 1.29 is 0 Å². The Bertz CT molecular complexity index is 3540. The molecule has 3 nitrogen and oxygen atoms in total. The summed E-state index contributed by atoms with van der Waals surface area (Å²) in [6.07, 6.45) is 0. The van der Waals surface area contributed by atoms with E-state index in [4.69, 9.17) is 15.0 Å². The highest BCUT2D eigenvalue weighted by Gasteiger charge is 2.51. The molecule has 0 unspecified atom stereocenters. The third kappa shape index (κ3) is 5.14. The summed E-state index contributed by atoms with van der Waals surface area (Å²) in [5.74, 6) is 1.91. The monoisotopic (exact) mass is 805 g/mol. The lowest BCUT2D eigenvalue weighted by Crippen LogP contribution is -2.25. The van der Waals surface area contributed by atoms with E-state index in [9.17, 15) is 0 Å². The standard InChI is InChI=1S/C58H35N3S/c1-2-14-37(15-3-1)41-16-4-5-21-47(41)57-60-55(38-28-26-36(27-29-38)39-30-32-46-45-20-9-13-25-53(45)62-54(46)35-39)59-56(61-57)40-31-33-52-48(34-40)44-19-8-12-24-51(44)58(52)49-22-10-6-17-42(49)43-18-7-11-23-50(43)58/h1-35H. The number of nitrogens with zero attached hydrogens (tertiary/aromatic N) is 3. The van der Waals surface area contributed by atoms with E-state index in [-0.39, 0.29) is 0 Å². The molecular formula is C58H35N3S. The van der Waals surface area contributed by atoms with Gasteiger partial charge in [-0.3, -0.25) is 0 Å². The van der Waals surface area contributed by atoms with E-state index in [0.29, 0.717) is 17.5 Å². The molecule has 0 saturated carbocycles. The summed E-state index contributed by atoms with van der Waals surface area (Å²) < 4.78 is 2.60. The summed E-state index contributed by atoms with van der Waals surface area (Å²) in [5, 5.41) is 2.61. The molecule has 0 saturated heterocycles. The van der Waals surface area contributed by atoms with Crippen LogP contribution in [0.3, 0.4) is 0 Å². The first kappa shape index (κ1) is 35.0. The number of hydrogen-bond acceptors (Lipinski definition) is 4. The van der Waals surface area contributed by atoms with Crippen molar-refractivity contribution in [3.8, 4) is 78.7 Å². The fourth-order valence-electron chi connectivity index (χ4n) is 10.3. The zero-order valence-electron chi connectivity index (χ0n) is 33.5. The van der Waals surface area contributed by atoms with Gasteiger partial charge < -0.3 is 0 Å². The highest BCUT2D eigenvalue weighted by Crippen LogP contribution is 2.63. The van der Waals surface area contributed by atoms with E-state index >= 15 is 0 Å². The van der Waals surface area contributed by atoms with E-state index < -0.39 is 5.41 Å². The van der Waals surface area contributed by atoms with Gasteiger partial charge in [-0.25, -0.2) is 15.0 Å². The van der Waals surface area contributed by atoms with Gasteiger partial charge in [0.05, 0.1) is 5.41 Å². The average Bonchev–Trinajstić information content (AvgIpc) is 3.98. The number of hydrogen-bond donors (Lipinski definition) is 0. The maximum absolute atomic E-state index is 5.32. The molecule has 0 aliphatic heterocycles. The Morgan fingerprint density at radius 3 is 1.47 bits per heavy atom. The Morgan fingerprint density at radius 2 is 0.758 bits per heavy atom. The largest absolute Gasteiger partial charge is 0.208 e. The van der Waals surface area contributed by atoms with Crippen molar-refractivity contribution in [3.05, 3.63) is 235 Å². The molecule has 2 aliphatic rings. The molecule has 0 radical (unpaired) electrons. The third-order valence-corrected chi connectivity index (χ3v) is 14.1. The van der Waals surface area contributed by atoms with Gasteiger partial charge in [0, 0.05) is 36.9 Å². The molecule has 9 aromatic carbocycles. The Morgan fingerprint density at radius 1 is 0.274 bits per heavy atom. The van der Waals surface area contributed by atoms with Crippen LogP contribution in [0, 0.1) is 0 Å². The van der Waals surface area contributed by atoms with Crippen LogP contribution in [0.5, 0.6) is 0 Å². The number of thiophene rings is 1. The highest BCUT2D eigenvalue weighted by molar-refractivity contribution is 7.25. The molecular weight excluding hydrogens is 771 g/mol. The second-order valence-corrected chi connectivity index (χ2v) is 17.3. The Hall–Kier alpha value is -7.79. The first-order valence-electron chi connectivity index (χ1n) is 21.1. The summed E-state index contributed by atoms with van der Waals surface area (Å²) in [5.41, 5.74) is 17.3. The van der Waals surface area contributed by atoms with Crippen molar-refractivity contribution in [2.45, 2.75) is 5.41 Å². The quantitative estimate of drug-likeness (QED) is 0.174. The molecule has 0 fully saturated rings. The number of rotatable bonds is 5. The van der Waals surface area contributed by atoms with Gasteiger partial charge in [-0.05, 0) is 85.0 Å². The van der Waals surface area contributed by atoms with Crippen molar-refractivity contribution in [1.82, 2.24) is 15.0 Å². The van der Waals surface area contributed by atoms with Gasteiger partial charge in [0.1, 0.15) is 0 Å². The summed E-state index contributed by atoms with van der Waals surface area (Å²) in [6.45, 7) is 0. The minimum absolute atomic E-state index is 0.412. The first-order valence-corrected chi connectivity index (χ1v) is 21.9. The lowest BCUT2D eigenvalue weighted by Gasteiger charge is -2.30. The van der Waals surface area contributed by atoms with Crippen LogP contribution in [0.1, 0.15) is 22.3 Å². The predicted octanol–water partition coefficient (Wildman–Crippen LogP) is 14.9. The SMILES string of the molecule is c1ccc(-c2ccccc2-c2nc(-c3ccc(-c4ccc5c(c4)sc4ccccc45)cc3)nc(-c3ccc4c(c3)-c3ccccc3C43c4ccccc4-c4ccccc43)n2)cc1. The van der Waals surface area contributed by atoms with Crippen LogP contribution in [-0.2, 0) is 5.41 Å². The van der Waals surface area contributed by atoms with E-state index in [0.717, 1.165) is 33.4 Å². The minimum atomic E-state index is -0.412. The van der Waals surface area contributed by atoms with Crippen LogP contribution in [-0.4, -0.2) is 15.0 Å². The molecule has 1 spiro atoms. The molecule has 2 aliphatic carbocycles. The normalized spacial score (nSPS) is 13.0. The second kappa shape index (κ2) is 13.6. The van der Waals surface area contributed by atoms with Gasteiger partial charge in [0.15, 0.2) is 17.5 Å². The van der Waals surface area contributed by atoms with Gasteiger partial charge in [-0.15, -0.1) is 11.3 Å². The van der Waals surface area contributed by atoms with Crippen LogP contribution >= 0.6 is 11.3 Å². The molecule has 0 amide bonds. The Kier molecular flexibility index (Phi) is 7.69. The van der Waals surface area contributed by atoms with E-state index in [1.54, 1.807) is 0 Å². The summed E-state index contributed by atoms with van der Waals surface area (Å²) in [6, 6.07) is 76.7. The maximum atomic E-state index is 5.32. The van der Waals surface area contributed by atoms with Gasteiger partial charge in [-0.2, -0.15) is 0 Å². The highest BCUT2D eigenvalue weighted by atomic mass is 32.1. The van der Waals surface area contributed by atoms with Crippen LogP contribution < -0.4 is 0 Å². The molecule has 0 N–H and O–H groups in total. The van der Waals surface area contributed by atoms with Gasteiger partial charge in [0.25, 0.3) is 0 Å². The van der Waals surface area contributed by atoms with E-state index in [1.807, 2.05) is 17.4 Å². The molecule has 4 heteroatoms. The molecule has 0 bridgehead atoms. The fraction of sp³-hybridized carbons (Fsp3) is 0.0172. The maximum Gasteiger partial charge on any atom is 0.164 e. The van der Waals surface area contributed by atoms with E-state index in [1.165, 1.54) is 70.2 Å². The fourth-order valence-corrected chi connectivity index (χ4v) is 11.4. The van der Waals surface area contributed by atoms with Crippen molar-refractivity contribution in [2.75, 3.05) is 0 Å². The zero-order valence-corrected chi connectivity index (χ0v) is 34.3. The molecule has 11 aromatic rings. The van der Waals surface area contributed by atoms with Gasteiger partial charge >= 0.3 is 0 Å². The topological polar surface area (TPSA) is 38.7 Å². The lowest BCUT2D eigenvalue weighted by atomic mass is 9.70. The molecule has 13 rings (SSSR count).